The summed E-state index contributed by atoms with van der Waals surface area (Å²) in [4.78, 5) is 20.7. The molecule has 0 saturated carbocycles. The van der Waals surface area contributed by atoms with Gasteiger partial charge in [0.15, 0.2) is 10.9 Å². The minimum atomic E-state index is 0.0952. The van der Waals surface area contributed by atoms with Crippen LogP contribution >= 0.6 is 11.3 Å². The topological polar surface area (TPSA) is 36.4 Å². The van der Waals surface area contributed by atoms with Crippen molar-refractivity contribution in [2.24, 2.45) is 0 Å². The van der Waals surface area contributed by atoms with Gasteiger partial charge in [-0.2, -0.15) is 0 Å². The number of carbonyl (C=O) groups is 1. The van der Waals surface area contributed by atoms with Gasteiger partial charge in [0.05, 0.1) is 11.1 Å². The van der Waals surface area contributed by atoms with Crippen molar-refractivity contribution < 1.29 is 4.79 Å². The van der Waals surface area contributed by atoms with Crippen LogP contribution in [0.4, 0.5) is 5.13 Å². The number of anilines is 1. The van der Waals surface area contributed by atoms with Crippen LogP contribution in [-0.2, 0) is 0 Å². The minimum absolute atomic E-state index is 0.0952. The highest BCUT2D eigenvalue weighted by atomic mass is 32.1. The molecule has 1 aromatic heterocycles. The number of Topliss-reactive ketones (excluding diaryl/α,β-unsaturated/α-hetero) is 1. The van der Waals surface area contributed by atoms with Crippen LogP contribution in [0.1, 0.15) is 29.9 Å². The molecule has 0 fully saturated rings. The highest BCUT2D eigenvalue weighted by molar-refractivity contribution is 7.17. The summed E-state index contributed by atoms with van der Waals surface area (Å²) in [6, 6.07) is 0. The van der Waals surface area contributed by atoms with E-state index in [1.165, 1.54) is 11.3 Å². The van der Waals surface area contributed by atoms with Crippen molar-refractivity contribution in [1.82, 2.24) is 9.88 Å². The number of ketones is 1. The van der Waals surface area contributed by atoms with E-state index in [1.54, 1.807) is 13.1 Å². The van der Waals surface area contributed by atoms with Crippen molar-refractivity contribution >= 4 is 22.3 Å². The first-order valence-electron chi connectivity index (χ1n) is 5.91. The molecule has 0 atom stereocenters. The number of nitrogens with zero attached hydrogens (tertiary/aromatic N) is 3. The van der Waals surface area contributed by atoms with Gasteiger partial charge in [-0.1, -0.05) is 18.3 Å². The van der Waals surface area contributed by atoms with Gasteiger partial charge in [-0.15, -0.1) is 0 Å². The fraction of sp³-hybridized carbons (Fsp3) is 0.667. The third kappa shape index (κ3) is 4.44. The standard InChI is InChI=1S/C12H21N3OS/c1-5-6-15(8-7-14(3)4)12-13-9-11(17-12)10(2)16/h9H,5-8H2,1-4H3. The van der Waals surface area contributed by atoms with Crippen LogP contribution in [0.3, 0.4) is 0 Å². The molecule has 0 aliphatic carbocycles. The first-order valence-corrected chi connectivity index (χ1v) is 6.72. The molecule has 0 aromatic carbocycles. The lowest BCUT2D eigenvalue weighted by molar-refractivity contribution is 0.102. The van der Waals surface area contributed by atoms with Crippen LogP contribution in [0.15, 0.2) is 6.20 Å². The van der Waals surface area contributed by atoms with E-state index in [0.717, 1.165) is 36.1 Å². The van der Waals surface area contributed by atoms with E-state index in [9.17, 15) is 4.79 Å². The third-order valence-corrected chi connectivity index (χ3v) is 3.58. The van der Waals surface area contributed by atoms with Crippen molar-refractivity contribution in [1.29, 1.82) is 0 Å². The molecule has 0 amide bonds. The Morgan fingerprint density at radius 1 is 1.35 bits per heavy atom. The monoisotopic (exact) mass is 255 g/mol. The number of carbonyl (C=O) groups excluding carboxylic acids is 1. The summed E-state index contributed by atoms with van der Waals surface area (Å²) in [7, 11) is 4.12. The van der Waals surface area contributed by atoms with Crippen LogP contribution in [0, 0.1) is 0 Å². The molecule has 5 heteroatoms. The van der Waals surface area contributed by atoms with Crippen LogP contribution in [-0.4, -0.2) is 49.4 Å². The summed E-state index contributed by atoms with van der Waals surface area (Å²) in [6.45, 7) is 6.67. The number of thiazole rings is 1. The summed E-state index contributed by atoms with van der Waals surface area (Å²) in [6.07, 6.45) is 2.77. The van der Waals surface area contributed by atoms with Crippen molar-refractivity contribution in [2.45, 2.75) is 20.3 Å². The Hall–Kier alpha value is -0.940. The van der Waals surface area contributed by atoms with Crippen LogP contribution < -0.4 is 4.90 Å². The Bertz CT molecular complexity index is 362. The van der Waals surface area contributed by atoms with E-state index in [0.29, 0.717) is 0 Å². The van der Waals surface area contributed by atoms with Gasteiger partial charge >= 0.3 is 0 Å². The second-order valence-corrected chi connectivity index (χ2v) is 5.36. The summed E-state index contributed by atoms with van der Waals surface area (Å²) in [5, 5.41) is 0.957. The van der Waals surface area contributed by atoms with Gasteiger partial charge in [-0.05, 0) is 20.5 Å². The molecule has 0 N–H and O–H groups in total. The number of hydrogen-bond acceptors (Lipinski definition) is 5. The summed E-state index contributed by atoms with van der Waals surface area (Å²) < 4.78 is 0. The summed E-state index contributed by atoms with van der Waals surface area (Å²) in [5.41, 5.74) is 0. The molecule has 96 valence electrons. The maximum absolute atomic E-state index is 11.2. The van der Waals surface area contributed by atoms with Crippen molar-refractivity contribution in [3.8, 4) is 0 Å². The molecule has 1 rings (SSSR count). The minimum Gasteiger partial charge on any atom is -0.347 e. The van der Waals surface area contributed by atoms with E-state index in [2.05, 4.69) is 35.8 Å². The second-order valence-electron chi connectivity index (χ2n) is 4.35. The molecule has 0 radical (unpaired) electrons. The normalized spacial score (nSPS) is 10.9. The number of hydrogen-bond donors (Lipinski definition) is 0. The van der Waals surface area contributed by atoms with Gasteiger partial charge in [0.2, 0.25) is 0 Å². The molecule has 0 aliphatic rings. The van der Waals surface area contributed by atoms with Crippen LogP contribution in [0.2, 0.25) is 0 Å². The zero-order valence-corrected chi connectivity index (χ0v) is 11.9. The molecule has 0 bridgehead atoms. The smallest absolute Gasteiger partial charge is 0.185 e. The van der Waals surface area contributed by atoms with Gasteiger partial charge in [0.25, 0.3) is 0 Å². The molecule has 17 heavy (non-hydrogen) atoms. The number of aromatic nitrogens is 1. The molecule has 1 heterocycles. The van der Waals surface area contributed by atoms with E-state index in [4.69, 9.17) is 0 Å². The average molecular weight is 255 g/mol. The zero-order valence-electron chi connectivity index (χ0n) is 11.1. The zero-order chi connectivity index (χ0) is 12.8. The van der Waals surface area contributed by atoms with Gasteiger partial charge in [0.1, 0.15) is 0 Å². The lowest BCUT2D eigenvalue weighted by atomic mass is 10.4. The summed E-state index contributed by atoms with van der Waals surface area (Å²) >= 11 is 1.49. The quantitative estimate of drug-likeness (QED) is 0.699. The molecule has 4 nitrogen and oxygen atoms in total. The van der Waals surface area contributed by atoms with E-state index in [1.807, 2.05) is 0 Å². The third-order valence-electron chi connectivity index (χ3n) is 2.42. The Kier molecular flexibility index (Phi) is 5.58. The largest absolute Gasteiger partial charge is 0.347 e. The molecular formula is C12H21N3OS. The predicted octanol–water partition coefficient (Wildman–Crippen LogP) is 2.12. The lowest BCUT2D eigenvalue weighted by Crippen LogP contribution is -2.32. The first kappa shape index (κ1) is 14.1. The van der Waals surface area contributed by atoms with Gasteiger partial charge < -0.3 is 9.80 Å². The van der Waals surface area contributed by atoms with Crippen molar-refractivity contribution in [3.63, 3.8) is 0 Å². The molecular weight excluding hydrogens is 234 g/mol. The van der Waals surface area contributed by atoms with Crippen LogP contribution in [0.25, 0.3) is 0 Å². The van der Waals surface area contributed by atoms with Gasteiger partial charge in [-0.25, -0.2) is 4.98 Å². The van der Waals surface area contributed by atoms with E-state index < -0.39 is 0 Å². The molecule has 0 spiro atoms. The fourth-order valence-electron chi connectivity index (χ4n) is 1.47. The van der Waals surface area contributed by atoms with E-state index >= 15 is 0 Å². The average Bonchev–Trinajstić information content (AvgIpc) is 2.73. The molecule has 1 aromatic rings. The van der Waals surface area contributed by atoms with Crippen molar-refractivity contribution in [3.05, 3.63) is 11.1 Å². The Balaban J connectivity index is 2.70. The van der Waals surface area contributed by atoms with Crippen LogP contribution in [0.5, 0.6) is 0 Å². The maximum atomic E-state index is 11.2. The number of likely N-dealkylation sites (N-methyl/N-ethyl adjacent to an activating group) is 1. The number of rotatable bonds is 7. The SMILES string of the molecule is CCCN(CCN(C)C)c1ncc(C(C)=O)s1. The Morgan fingerprint density at radius 3 is 2.53 bits per heavy atom. The fourth-order valence-corrected chi connectivity index (χ4v) is 2.33. The molecule has 0 unspecified atom stereocenters. The maximum Gasteiger partial charge on any atom is 0.185 e. The van der Waals surface area contributed by atoms with Crippen molar-refractivity contribution in [2.75, 3.05) is 38.6 Å². The van der Waals surface area contributed by atoms with Gasteiger partial charge in [0, 0.05) is 26.6 Å². The Morgan fingerprint density at radius 2 is 2.06 bits per heavy atom. The highest BCUT2D eigenvalue weighted by Gasteiger charge is 2.12. The lowest BCUT2D eigenvalue weighted by Gasteiger charge is -2.22. The van der Waals surface area contributed by atoms with E-state index in [-0.39, 0.29) is 5.78 Å². The Labute approximate surface area is 107 Å². The van der Waals surface area contributed by atoms with Gasteiger partial charge in [-0.3, -0.25) is 4.79 Å². The highest BCUT2D eigenvalue weighted by Crippen LogP contribution is 2.22. The molecule has 0 aliphatic heterocycles. The second kappa shape index (κ2) is 6.71. The first-order chi connectivity index (χ1) is 8.04. The molecule has 0 saturated heterocycles. The predicted molar refractivity (Wildman–Crippen MR) is 73.2 cm³/mol. The summed E-state index contributed by atoms with van der Waals surface area (Å²) in [5.74, 6) is 0.0952.